The van der Waals surface area contributed by atoms with Gasteiger partial charge in [-0.05, 0) is 30.2 Å². The Labute approximate surface area is 132 Å². The number of pyridine rings is 2. The number of aromatic nitrogens is 2. The van der Waals surface area contributed by atoms with Crippen LogP contribution in [0.2, 0.25) is 0 Å². The van der Waals surface area contributed by atoms with Crippen LogP contribution in [0.15, 0.2) is 42.7 Å². The van der Waals surface area contributed by atoms with Gasteiger partial charge >= 0.3 is 0 Å². The summed E-state index contributed by atoms with van der Waals surface area (Å²) in [5.74, 6) is 0. The summed E-state index contributed by atoms with van der Waals surface area (Å²) in [5, 5.41) is 3.43. The topological polar surface area (TPSA) is 41.1 Å². The molecule has 0 amide bonds. The van der Waals surface area contributed by atoms with Crippen LogP contribution in [0.3, 0.4) is 0 Å². The highest BCUT2D eigenvalue weighted by molar-refractivity contribution is 5.19. The Bertz CT molecular complexity index is 561. The Morgan fingerprint density at radius 1 is 1.14 bits per heavy atom. The first-order valence-corrected chi connectivity index (χ1v) is 8.16. The molecular weight excluding hydrogens is 272 g/mol. The van der Waals surface area contributed by atoms with Gasteiger partial charge in [0.15, 0.2) is 0 Å². The van der Waals surface area contributed by atoms with Crippen LogP contribution in [-0.4, -0.2) is 41.0 Å². The molecule has 3 heterocycles. The van der Waals surface area contributed by atoms with Crippen LogP contribution in [-0.2, 0) is 12.8 Å². The molecule has 0 radical (unpaired) electrons. The Balaban J connectivity index is 1.83. The Morgan fingerprint density at radius 3 is 2.64 bits per heavy atom. The van der Waals surface area contributed by atoms with Crippen molar-refractivity contribution in [3.05, 3.63) is 59.7 Å². The molecule has 4 heteroatoms. The van der Waals surface area contributed by atoms with Crippen molar-refractivity contribution in [2.75, 3.05) is 26.2 Å². The lowest BCUT2D eigenvalue weighted by Gasteiger charge is -2.34. The van der Waals surface area contributed by atoms with Gasteiger partial charge in [-0.1, -0.05) is 19.1 Å². The number of nitrogens with one attached hydrogen (secondary N) is 1. The zero-order valence-corrected chi connectivity index (χ0v) is 13.2. The maximum Gasteiger partial charge on any atom is 0.0579 e. The van der Waals surface area contributed by atoms with Gasteiger partial charge in [-0.2, -0.15) is 0 Å². The molecule has 1 saturated heterocycles. The third-order valence-electron chi connectivity index (χ3n) is 4.32. The summed E-state index contributed by atoms with van der Waals surface area (Å²) in [6, 6.07) is 10.8. The SMILES string of the molecule is CCc1ccc(C(Cc2ccccn2)N2CCNCC2)nc1. The lowest BCUT2D eigenvalue weighted by molar-refractivity contribution is 0.168. The molecule has 0 saturated carbocycles. The molecule has 1 aliphatic rings. The molecule has 116 valence electrons. The average molecular weight is 296 g/mol. The zero-order valence-electron chi connectivity index (χ0n) is 13.2. The van der Waals surface area contributed by atoms with Gasteiger partial charge < -0.3 is 5.32 Å². The van der Waals surface area contributed by atoms with Crippen molar-refractivity contribution in [3.63, 3.8) is 0 Å². The van der Waals surface area contributed by atoms with Gasteiger partial charge in [0.2, 0.25) is 0 Å². The molecule has 0 bridgehead atoms. The van der Waals surface area contributed by atoms with Gasteiger partial charge in [0, 0.05) is 50.7 Å². The number of hydrogen-bond acceptors (Lipinski definition) is 4. The van der Waals surface area contributed by atoms with E-state index < -0.39 is 0 Å². The maximum atomic E-state index is 4.73. The van der Waals surface area contributed by atoms with Crippen molar-refractivity contribution in [1.82, 2.24) is 20.2 Å². The zero-order chi connectivity index (χ0) is 15.2. The standard InChI is InChI=1S/C18H24N4/c1-2-15-6-7-17(21-14-15)18(22-11-9-19-10-12-22)13-16-5-3-4-8-20-16/h3-8,14,18-19H,2,9-13H2,1H3. The summed E-state index contributed by atoms with van der Waals surface area (Å²) in [6.45, 7) is 6.39. The van der Waals surface area contributed by atoms with Crippen molar-refractivity contribution < 1.29 is 0 Å². The predicted molar refractivity (Wildman–Crippen MR) is 88.7 cm³/mol. The molecule has 0 aromatic carbocycles. The largest absolute Gasteiger partial charge is 0.314 e. The molecule has 1 unspecified atom stereocenters. The highest BCUT2D eigenvalue weighted by Gasteiger charge is 2.23. The maximum absolute atomic E-state index is 4.73. The molecule has 0 spiro atoms. The molecule has 1 aliphatic heterocycles. The lowest BCUT2D eigenvalue weighted by Crippen LogP contribution is -2.45. The van der Waals surface area contributed by atoms with Crippen molar-refractivity contribution >= 4 is 0 Å². The number of rotatable bonds is 5. The summed E-state index contributed by atoms with van der Waals surface area (Å²) >= 11 is 0. The second kappa shape index (κ2) is 7.47. The predicted octanol–water partition coefficient (Wildman–Crippen LogP) is 2.23. The van der Waals surface area contributed by atoms with E-state index in [1.807, 2.05) is 18.5 Å². The molecule has 3 rings (SSSR count). The molecule has 4 nitrogen and oxygen atoms in total. The monoisotopic (exact) mass is 296 g/mol. The van der Waals surface area contributed by atoms with Crippen LogP contribution in [0.25, 0.3) is 0 Å². The molecule has 2 aromatic heterocycles. The van der Waals surface area contributed by atoms with E-state index in [0.29, 0.717) is 6.04 Å². The van der Waals surface area contributed by atoms with E-state index in [0.717, 1.165) is 50.4 Å². The van der Waals surface area contributed by atoms with Crippen LogP contribution in [0.4, 0.5) is 0 Å². The van der Waals surface area contributed by atoms with E-state index in [9.17, 15) is 0 Å². The average Bonchev–Trinajstić information content (AvgIpc) is 2.61. The minimum atomic E-state index is 0.308. The van der Waals surface area contributed by atoms with E-state index >= 15 is 0 Å². The first kappa shape index (κ1) is 15.1. The Hall–Kier alpha value is -1.78. The molecule has 1 fully saturated rings. The van der Waals surface area contributed by atoms with E-state index in [2.05, 4.69) is 46.4 Å². The van der Waals surface area contributed by atoms with Crippen molar-refractivity contribution in [1.29, 1.82) is 0 Å². The summed E-state index contributed by atoms with van der Waals surface area (Å²) < 4.78 is 0. The van der Waals surface area contributed by atoms with E-state index in [-0.39, 0.29) is 0 Å². The third kappa shape index (κ3) is 3.70. The fourth-order valence-electron chi connectivity index (χ4n) is 2.97. The van der Waals surface area contributed by atoms with Crippen molar-refractivity contribution in [3.8, 4) is 0 Å². The molecule has 2 aromatic rings. The Morgan fingerprint density at radius 2 is 2.00 bits per heavy atom. The van der Waals surface area contributed by atoms with Gasteiger partial charge in [-0.3, -0.25) is 14.9 Å². The van der Waals surface area contributed by atoms with Crippen LogP contribution < -0.4 is 5.32 Å². The highest BCUT2D eigenvalue weighted by atomic mass is 15.2. The normalized spacial score (nSPS) is 17.3. The lowest BCUT2D eigenvalue weighted by atomic mass is 10.0. The van der Waals surface area contributed by atoms with Gasteiger partial charge in [0.25, 0.3) is 0 Å². The fraction of sp³-hybridized carbons (Fsp3) is 0.444. The van der Waals surface area contributed by atoms with Crippen molar-refractivity contribution in [2.45, 2.75) is 25.8 Å². The number of hydrogen-bond donors (Lipinski definition) is 1. The molecule has 0 aliphatic carbocycles. The Kier molecular flexibility index (Phi) is 5.14. The van der Waals surface area contributed by atoms with Crippen molar-refractivity contribution in [2.24, 2.45) is 0 Å². The van der Waals surface area contributed by atoms with Crippen LogP contribution in [0, 0.1) is 0 Å². The number of aryl methyl sites for hydroxylation is 1. The quantitative estimate of drug-likeness (QED) is 0.918. The molecular formula is C18H24N4. The first-order valence-electron chi connectivity index (χ1n) is 8.16. The van der Waals surface area contributed by atoms with E-state index in [4.69, 9.17) is 4.98 Å². The molecule has 1 N–H and O–H groups in total. The highest BCUT2D eigenvalue weighted by Crippen LogP contribution is 2.23. The van der Waals surface area contributed by atoms with Crippen LogP contribution in [0.1, 0.15) is 29.9 Å². The smallest absolute Gasteiger partial charge is 0.0579 e. The van der Waals surface area contributed by atoms with Gasteiger partial charge in [0.05, 0.1) is 11.7 Å². The minimum absolute atomic E-state index is 0.308. The second-order valence-electron chi connectivity index (χ2n) is 5.77. The first-order chi connectivity index (χ1) is 10.9. The van der Waals surface area contributed by atoms with Gasteiger partial charge in [0.1, 0.15) is 0 Å². The summed E-state index contributed by atoms with van der Waals surface area (Å²) in [7, 11) is 0. The van der Waals surface area contributed by atoms with E-state index in [1.54, 1.807) is 0 Å². The second-order valence-corrected chi connectivity index (χ2v) is 5.77. The van der Waals surface area contributed by atoms with E-state index in [1.165, 1.54) is 5.56 Å². The van der Waals surface area contributed by atoms with Crippen LogP contribution in [0.5, 0.6) is 0 Å². The van der Waals surface area contributed by atoms with Gasteiger partial charge in [-0.25, -0.2) is 0 Å². The van der Waals surface area contributed by atoms with Gasteiger partial charge in [-0.15, -0.1) is 0 Å². The number of nitrogens with zero attached hydrogens (tertiary/aromatic N) is 3. The van der Waals surface area contributed by atoms with Crippen LogP contribution >= 0.6 is 0 Å². The summed E-state index contributed by atoms with van der Waals surface area (Å²) in [6.07, 6.45) is 5.84. The number of piperazine rings is 1. The molecule has 22 heavy (non-hydrogen) atoms. The summed E-state index contributed by atoms with van der Waals surface area (Å²) in [4.78, 5) is 11.8. The fourth-order valence-corrected chi connectivity index (χ4v) is 2.97. The third-order valence-corrected chi connectivity index (χ3v) is 4.32. The minimum Gasteiger partial charge on any atom is -0.314 e. The molecule has 1 atom stereocenters. The summed E-state index contributed by atoms with van der Waals surface area (Å²) in [5.41, 5.74) is 3.58.